The Kier molecular flexibility index (Phi) is 6.06. The van der Waals surface area contributed by atoms with E-state index in [1.54, 1.807) is 0 Å². The molecule has 3 nitrogen and oxygen atoms in total. The number of hydrogen-bond donors (Lipinski definition) is 2. The topological polar surface area (TPSA) is 49.3 Å². The predicted octanol–water partition coefficient (Wildman–Crippen LogP) is 3.76. The molecule has 2 N–H and O–H groups in total. The van der Waals surface area contributed by atoms with Crippen LogP contribution in [0.25, 0.3) is 0 Å². The van der Waals surface area contributed by atoms with Gasteiger partial charge in [0.2, 0.25) is 0 Å². The van der Waals surface area contributed by atoms with Crippen molar-refractivity contribution in [2.24, 2.45) is 5.92 Å². The summed E-state index contributed by atoms with van der Waals surface area (Å²) in [5.74, 6) is 0.172. The molecule has 0 saturated heterocycles. The first kappa shape index (κ1) is 15.0. The van der Waals surface area contributed by atoms with Gasteiger partial charge in [-0.2, -0.15) is 0 Å². The second-order valence-corrected chi connectivity index (χ2v) is 5.80. The van der Waals surface area contributed by atoms with Crippen LogP contribution in [0.1, 0.15) is 56.6 Å². The molecule has 0 amide bonds. The van der Waals surface area contributed by atoms with Crippen molar-refractivity contribution in [3.63, 3.8) is 0 Å². The van der Waals surface area contributed by atoms with Crippen LogP contribution in [0.4, 0.5) is 0 Å². The standard InChI is InChI=1S/C17H25NO2/c19-17(20)11-4-5-12-18-16(13-14-7-6-8-14)15-9-2-1-3-10-15/h1-3,9-10,14,16,18H,4-8,11-13H2,(H,19,20). The van der Waals surface area contributed by atoms with E-state index in [1.807, 2.05) is 0 Å². The summed E-state index contributed by atoms with van der Waals surface area (Å²) in [4.78, 5) is 10.5. The summed E-state index contributed by atoms with van der Waals surface area (Å²) in [6.45, 7) is 0.902. The average Bonchev–Trinajstić information content (AvgIpc) is 2.40. The summed E-state index contributed by atoms with van der Waals surface area (Å²) < 4.78 is 0. The fraction of sp³-hybridized carbons (Fsp3) is 0.588. The van der Waals surface area contributed by atoms with Crippen molar-refractivity contribution in [3.8, 4) is 0 Å². The molecular formula is C17H25NO2. The summed E-state index contributed by atoms with van der Waals surface area (Å²) >= 11 is 0. The summed E-state index contributed by atoms with van der Waals surface area (Å²) in [7, 11) is 0. The first-order chi connectivity index (χ1) is 9.75. The lowest BCUT2D eigenvalue weighted by Crippen LogP contribution is -2.27. The van der Waals surface area contributed by atoms with Crippen LogP contribution in [-0.4, -0.2) is 17.6 Å². The minimum Gasteiger partial charge on any atom is -0.481 e. The van der Waals surface area contributed by atoms with Gasteiger partial charge >= 0.3 is 5.97 Å². The van der Waals surface area contributed by atoms with Crippen LogP contribution in [0.3, 0.4) is 0 Å². The predicted molar refractivity (Wildman–Crippen MR) is 80.6 cm³/mol. The average molecular weight is 275 g/mol. The number of aliphatic carboxylic acids is 1. The van der Waals surface area contributed by atoms with Crippen LogP contribution in [0.2, 0.25) is 0 Å². The third-order valence-electron chi connectivity index (χ3n) is 4.20. The van der Waals surface area contributed by atoms with E-state index in [4.69, 9.17) is 5.11 Å². The Hall–Kier alpha value is -1.35. The number of carbonyl (C=O) groups is 1. The molecular weight excluding hydrogens is 250 g/mol. The van der Waals surface area contributed by atoms with E-state index < -0.39 is 5.97 Å². The molecule has 20 heavy (non-hydrogen) atoms. The molecule has 0 radical (unpaired) electrons. The second kappa shape index (κ2) is 8.05. The van der Waals surface area contributed by atoms with E-state index in [0.717, 1.165) is 25.3 Å². The normalized spacial score (nSPS) is 16.6. The fourth-order valence-electron chi connectivity index (χ4n) is 2.76. The lowest BCUT2D eigenvalue weighted by atomic mass is 9.79. The van der Waals surface area contributed by atoms with Gasteiger partial charge < -0.3 is 10.4 Å². The Morgan fingerprint density at radius 2 is 2.00 bits per heavy atom. The summed E-state index contributed by atoms with van der Waals surface area (Å²) in [6.07, 6.45) is 7.29. The molecule has 3 heteroatoms. The van der Waals surface area contributed by atoms with Crippen molar-refractivity contribution in [1.29, 1.82) is 0 Å². The minimum atomic E-state index is -0.695. The van der Waals surface area contributed by atoms with Crippen molar-refractivity contribution in [2.45, 2.75) is 51.0 Å². The first-order valence-electron chi connectivity index (χ1n) is 7.76. The molecule has 1 aromatic carbocycles. The molecule has 1 unspecified atom stereocenters. The number of carboxylic acids is 1. The van der Waals surface area contributed by atoms with Crippen molar-refractivity contribution in [3.05, 3.63) is 35.9 Å². The zero-order valence-corrected chi connectivity index (χ0v) is 12.1. The lowest BCUT2D eigenvalue weighted by molar-refractivity contribution is -0.137. The maximum atomic E-state index is 10.5. The fourth-order valence-corrected chi connectivity index (χ4v) is 2.76. The van der Waals surface area contributed by atoms with Crippen LogP contribution in [-0.2, 0) is 4.79 Å². The van der Waals surface area contributed by atoms with E-state index in [1.165, 1.54) is 31.2 Å². The van der Waals surface area contributed by atoms with Crippen LogP contribution < -0.4 is 5.32 Å². The van der Waals surface area contributed by atoms with Crippen LogP contribution in [0.5, 0.6) is 0 Å². The van der Waals surface area contributed by atoms with Crippen LogP contribution in [0, 0.1) is 5.92 Å². The molecule has 1 aromatic rings. The third kappa shape index (κ3) is 4.97. The Morgan fingerprint density at radius 3 is 2.60 bits per heavy atom. The molecule has 2 rings (SSSR count). The van der Waals surface area contributed by atoms with E-state index in [0.29, 0.717) is 6.04 Å². The number of hydrogen-bond acceptors (Lipinski definition) is 2. The first-order valence-corrected chi connectivity index (χ1v) is 7.76. The third-order valence-corrected chi connectivity index (χ3v) is 4.20. The molecule has 0 aliphatic heterocycles. The van der Waals surface area contributed by atoms with Gasteiger partial charge in [-0.05, 0) is 37.3 Å². The van der Waals surface area contributed by atoms with Crippen LogP contribution >= 0.6 is 0 Å². The largest absolute Gasteiger partial charge is 0.481 e. The monoisotopic (exact) mass is 275 g/mol. The highest BCUT2D eigenvalue weighted by Crippen LogP contribution is 2.34. The van der Waals surface area contributed by atoms with Crippen molar-refractivity contribution >= 4 is 5.97 Å². The van der Waals surface area contributed by atoms with Gasteiger partial charge in [-0.1, -0.05) is 49.6 Å². The lowest BCUT2D eigenvalue weighted by Gasteiger charge is -2.30. The van der Waals surface area contributed by atoms with Crippen LogP contribution in [0.15, 0.2) is 30.3 Å². The second-order valence-electron chi connectivity index (χ2n) is 5.80. The van der Waals surface area contributed by atoms with Gasteiger partial charge in [0.25, 0.3) is 0 Å². The molecule has 0 spiro atoms. The maximum absolute atomic E-state index is 10.5. The van der Waals surface area contributed by atoms with Gasteiger partial charge in [0.1, 0.15) is 0 Å². The Balaban J connectivity index is 1.78. The molecule has 1 atom stereocenters. The highest BCUT2D eigenvalue weighted by molar-refractivity contribution is 5.66. The highest BCUT2D eigenvalue weighted by Gasteiger charge is 2.22. The molecule has 1 aliphatic carbocycles. The van der Waals surface area contributed by atoms with E-state index >= 15 is 0 Å². The zero-order chi connectivity index (χ0) is 14.2. The molecule has 0 bridgehead atoms. The number of benzene rings is 1. The van der Waals surface area contributed by atoms with Gasteiger partial charge in [-0.3, -0.25) is 4.79 Å². The molecule has 0 heterocycles. The minimum absolute atomic E-state index is 0.278. The SMILES string of the molecule is O=C(O)CCCCNC(CC1CCC1)c1ccccc1. The van der Waals surface area contributed by atoms with Crippen molar-refractivity contribution in [2.75, 3.05) is 6.54 Å². The molecule has 1 fully saturated rings. The summed E-state index contributed by atoms with van der Waals surface area (Å²) in [6, 6.07) is 11.0. The van der Waals surface area contributed by atoms with Gasteiger partial charge in [-0.25, -0.2) is 0 Å². The maximum Gasteiger partial charge on any atom is 0.303 e. The van der Waals surface area contributed by atoms with E-state index in [9.17, 15) is 4.79 Å². The highest BCUT2D eigenvalue weighted by atomic mass is 16.4. The Morgan fingerprint density at radius 1 is 1.25 bits per heavy atom. The van der Waals surface area contributed by atoms with Crippen molar-refractivity contribution in [1.82, 2.24) is 5.32 Å². The smallest absolute Gasteiger partial charge is 0.303 e. The Bertz CT molecular complexity index is 401. The number of rotatable bonds is 9. The van der Waals surface area contributed by atoms with Gasteiger partial charge in [0.15, 0.2) is 0 Å². The number of nitrogens with one attached hydrogen (secondary N) is 1. The van der Waals surface area contributed by atoms with Crippen molar-refractivity contribution < 1.29 is 9.90 Å². The van der Waals surface area contributed by atoms with E-state index in [2.05, 4.69) is 35.6 Å². The number of carboxylic acid groups (broad SMARTS) is 1. The summed E-state index contributed by atoms with van der Waals surface area (Å²) in [5, 5.41) is 12.3. The quantitative estimate of drug-likeness (QED) is 0.675. The molecule has 110 valence electrons. The van der Waals surface area contributed by atoms with Gasteiger partial charge in [0.05, 0.1) is 0 Å². The van der Waals surface area contributed by atoms with Gasteiger partial charge in [0, 0.05) is 12.5 Å². The molecule has 1 aliphatic rings. The Labute approximate surface area is 121 Å². The number of unbranched alkanes of at least 4 members (excludes halogenated alkanes) is 1. The van der Waals surface area contributed by atoms with E-state index in [-0.39, 0.29) is 6.42 Å². The summed E-state index contributed by atoms with van der Waals surface area (Å²) in [5.41, 5.74) is 1.36. The zero-order valence-electron chi connectivity index (χ0n) is 12.1. The molecule has 0 aromatic heterocycles. The van der Waals surface area contributed by atoms with Gasteiger partial charge in [-0.15, -0.1) is 0 Å². The molecule has 1 saturated carbocycles.